The van der Waals surface area contributed by atoms with Gasteiger partial charge in [-0.1, -0.05) is 6.92 Å². The molecular formula is C14H20N2O3. The molecule has 0 aromatic carbocycles. The van der Waals surface area contributed by atoms with Crippen LogP contribution in [-0.4, -0.2) is 39.5 Å². The Hall–Kier alpha value is -1.78. The molecule has 1 aromatic rings. The van der Waals surface area contributed by atoms with Crippen molar-refractivity contribution in [1.29, 1.82) is 0 Å². The third-order valence-corrected chi connectivity index (χ3v) is 3.67. The summed E-state index contributed by atoms with van der Waals surface area (Å²) in [5, 5.41) is 9.11. The van der Waals surface area contributed by atoms with Gasteiger partial charge < -0.3 is 14.6 Å². The average Bonchev–Trinajstić information content (AvgIpc) is 2.88. The molecule has 104 valence electrons. The Labute approximate surface area is 112 Å². The van der Waals surface area contributed by atoms with Gasteiger partial charge in [0.05, 0.1) is 0 Å². The van der Waals surface area contributed by atoms with Crippen LogP contribution in [0.2, 0.25) is 0 Å². The molecule has 5 nitrogen and oxygen atoms in total. The summed E-state index contributed by atoms with van der Waals surface area (Å²) in [4.78, 5) is 24.8. The van der Waals surface area contributed by atoms with Crippen LogP contribution in [0.3, 0.4) is 0 Å². The van der Waals surface area contributed by atoms with Gasteiger partial charge in [0.2, 0.25) is 5.91 Å². The maximum Gasteiger partial charge on any atom is 0.352 e. The number of carbonyl (C=O) groups is 2. The van der Waals surface area contributed by atoms with Gasteiger partial charge in [-0.2, -0.15) is 0 Å². The van der Waals surface area contributed by atoms with E-state index in [2.05, 4.69) is 0 Å². The quantitative estimate of drug-likeness (QED) is 0.906. The molecule has 5 heteroatoms. The van der Waals surface area contributed by atoms with E-state index in [9.17, 15) is 9.59 Å². The Bertz CT molecular complexity index is 459. The highest BCUT2D eigenvalue weighted by Crippen LogP contribution is 2.25. The van der Waals surface area contributed by atoms with Crippen LogP contribution in [-0.2, 0) is 4.79 Å². The van der Waals surface area contributed by atoms with Gasteiger partial charge in [-0.05, 0) is 31.4 Å². The first-order valence-corrected chi connectivity index (χ1v) is 6.81. The number of likely N-dealkylation sites (tertiary alicyclic amines) is 1. The Kier molecular flexibility index (Phi) is 4.24. The number of hydrogen-bond acceptors (Lipinski definition) is 2. The maximum atomic E-state index is 11.8. The summed E-state index contributed by atoms with van der Waals surface area (Å²) in [6.45, 7) is 3.45. The molecular weight excluding hydrogens is 244 g/mol. The molecule has 0 unspecified atom stereocenters. The molecule has 0 bridgehead atoms. The number of hydrogen-bond donors (Lipinski definition) is 1. The Balaban J connectivity index is 1.98. The second-order valence-corrected chi connectivity index (χ2v) is 4.97. The summed E-state index contributed by atoms with van der Waals surface area (Å²) in [7, 11) is 0. The van der Waals surface area contributed by atoms with E-state index in [4.69, 9.17) is 5.11 Å². The number of carboxylic acid groups (broad SMARTS) is 1. The van der Waals surface area contributed by atoms with Gasteiger partial charge >= 0.3 is 5.97 Å². The van der Waals surface area contributed by atoms with Crippen LogP contribution in [0.25, 0.3) is 0 Å². The van der Waals surface area contributed by atoms with Crippen molar-refractivity contribution in [2.45, 2.75) is 38.6 Å². The van der Waals surface area contributed by atoms with Crippen LogP contribution in [0.1, 0.15) is 49.1 Å². The number of rotatable bonds is 4. The summed E-state index contributed by atoms with van der Waals surface area (Å²) < 4.78 is 1.82. The van der Waals surface area contributed by atoms with Crippen LogP contribution < -0.4 is 0 Å². The normalized spacial score (nSPS) is 16.6. The third-order valence-electron chi connectivity index (χ3n) is 3.67. The van der Waals surface area contributed by atoms with Crippen molar-refractivity contribution in [3.05, 3.63) is 24.0 Å². The van der Waals surface area contributed by atoms with Gasteiger partial charge in [0, 0.05) is 31.7 Å². The van der Waals surface area contributed by atoms with Crippen LogP contribution in [0.15, 0.2) is 18.3 Å². The molecule has 0 radical (unpaired) electrons. The van der Waals surface area contributed by atoms with Gasteiger partial charge in [0.1, 0.15) is 5.69 Å². The molecule has 1 amide bonds. The summed E-state index contributed by atoms with van der Waals surface area (Å²) in [5.41, 5.74) is 0.332. The highest BCUT2D eigenvalue weighted by molar-refractivity contribution is 5.85. The molecule has 1 aliphatic heterocycles. The maximum absolute atomic E-state index is 11.8. The first kappa shape index (κ1) is 13.6. The van der Waals surface area contributed by atoms with Crippen LogP contribution in [0, 0.1) is 0 Å². The van der Waals surface area contributed by atoms with Crippen molar-refractivity contribution in [3.8, 4) is 0 Å². The molecule has 0 atom stereocenters. The predicted molar refractivity (Wildman–Crippen MR) is 71.2 cm³/mol. The second kappa shape index (κ2) is 5.91. The van der Waals surface area contributed by atoms with E-state index in [-0.39, 0.29) is 11.9 Å². The number of carboxylic acids is 1. The van der Waals surface area contributed by atoms with Crippen LogP contribution >= 0.6 is 0 Å². The van der Waals surface area contributed by atoms with E-state index in [0.717, 1.165) is 32.4 Å². The van der Waals surface area contributed by atoms with E-state index in [1.165, 1.54) is 0 Å². The van der Waals surface area contributed by atoms with Crippen molar-refractivity contribution < 1.29 is 14.7 Å². The fourth-order valence-corrected chi connectivity index (χ4v) is 2.66. The highest BCUT2D eigenvalue weighted by Gasteiger charge is 2.25. The van der Waals surface area contributed by atoms with E-state index >= 15 is 0 Å². The lowest BCUT2D eigenvalue weighted by atomic mass is 10.0. The summed E-state index contributed by atoms with van der Waals surface area (Å²) in [6.07, 6.45) is 4.95. The molecule has 1 N–H and O–H groups in total. The zero-order chi connectivity index (χ0) is 13.8. The molecule has 2 rings (SSSR count). The molecule has 0 spiro atoms. The summed E-state index contributed by atoms with van der Waals surface area (Å²) in [5.74, 6) is -0.679. The standard InChI is InChI=1S/C14H20N2O3/c1-2-4-13(17)15-9-6-11(7-10-15)16-8-3-5-12(16)14(18)19/h3,5,8,11H,2,4,6-7,9-10H2,1H3,(H,18,19). The van der Waals surface area contributed by atoms with Gasteiger partial charge in [0.15, 0.2) is 0 Å². The molecule has 0 aliphatic carbocycles. The Morgan fingerprint density at radius 1 is 1.37 bits per heavy atom. The predicted octanol–water partition coefficient (Wildman–Crippen LogP) is 2.15. The van der Waals surface area contributed by atoms with Gasteiger partial charge in [-0.3, -0.25) is 4.79 Å². The number of nitrogens with zero attached hydrogens (tertiary/aromatic N) is 2. The zero-order valence-electron chi connectivity index (χ0n) is 11.2. The van der Waals surface area contributed by atoms with Crippen LogP contribution in [0.4, 0.5) is 0 Å². The summed E-state index contributed by atoms with van der Waals surface area (Å²) in [6, 6.07) is 3.57. The Morgan fingerprint density at radius 3 is 2.63 bits per heavy atom. The number of aromatic nitrogens is 1. The molecule has 1 saturated heterocycles. The average molecular weight is 264 g/mol. The van der Waals surface area contributed by atoms with E-state index < -0.39 is 5.97 Å². The highest BCUT2D eigenvalue weighted by atomic mass is 16.4. The van der Waals surface area contributed by atoms with Crippen molar-refractivity contribution in [2.24, 2.45) is 0 Å². The molecule has 1 aliphatic rings. The molecule has 1 fully saturated rings. The second-order valence-electron chi connectivity index (χ2n) is 4.97. The topological polar surface area (TPSA) is 62.5 Å². The third kappa shape index (κ3) is 2.97. The number of carbonyl (C=O) groups excluding carboxylic acids is 1. The van der Waals surface area contributed by atoms with Gasteiger partial charge in [-0.15, -0.1) is 0 Å². The van der Waals surface area contributed by atoms with Crippen molar-refractivity contribution in [3.63, 3.8) is 0 Å². The number of amides is 1. The van der Waals surface area contributed by atoms with Gasteiger partial charge in [0.25, 0.3) is 0 Å². The SMILES string of the molecule is CCCC(=O)N1CCC(n2cccc2C(=O)O)CC1. The number of aromatic carboxylic acids is 1. The lowest BCUT2D eigenvalue weighted by Gasteiger charge is -2.33. The minimum atomic E-state index is -0.894. The molecule has 19 heavy (non-hydrogen) atoms. The fraction of sp³-hybridized carbons (Fsp3) is 0.571. The number of piperidine rings is 1. The molecule has 0 saturated carbocycles. The molecule has 2 heterocycles. The minimum absolute atomic E-state index is 0.187. The van der Waals surface area contributed by atoms with Crippen molar-refractivity contribution in [1.82, 2.24) is 9.47 Å². The lowest BCUT2D eigenvalue weighted by molar-refractivity contribution is -0.132. The zero-order valence-corrected chi connectivity index (χ0v) is 11.2. The molecule has 1 aromatic heterocycles. The lowest BCUT2D eigenvalue weighted by Crippen LogP contribution is -2.39. The monoisotopic (exact) mass is 264 g/mol. The first-order valence-electron chi connectivity index (χ1n) is 6.81. The van der Waals surface area contributed by atoms with Gasteiger partial charge in [-0.25, -0.2) is 4.79 Å². The van der Waals surface area contributed by atoms with E-state index in [1.807, 2.05) is 22.6 Å². The minimum Gasteiger partial charge on any atom is -0.477 e. The van der Waals surface area contributed by atoms with Crippen molar-refractivity contribution in [2.75, 3.05) is 13.1 Å². The van der Waals surface area contributed by atoms with E-state index in [0.29, 0.717) is 12.1 Å². The fourth-order valence-electron chi connectivity index (χ4n) is 2.66. The smallest absolute Gasteiger partial charge is 0.352 e. The van der Waals surface area contributed by atoms with E-state index in [1.54, 1.807) is 12.1 Å². The van der Waals surface area contributed by atoms with Crippen LogP contribution in [0.5, 0.6) is 0 Å². The largest absolute Gasteiger partial charge is 0.477 e. The summed E-state index contributed by atoms with van der Waals surface area (Å²) >= 11 is 0. The Morgan fingerprint density at radius 2 is 2.05 bits per heavy atom. The first-order chi connectivity index (χ1) is 9.13. The van der Waals surface area contributed by atoms with Crippen molar-refractivity contribution >= 4 is 11.9 Å².